The fourth-order valence-corrected chi connectivity index (χ4v) is 2.12. The summed E-state index contributed by atoms with van der Waals surface area (Å²) in [6.45, 7) is 0. The number of phenols is 1. The van der Waals surface area contributed by atoms with Crippen LogP contribution in [-0.2, 0) is 0 Å². The van der Waals surface area contributed by atoms with E-state index in [2.05, 4.69) is 15.5 Å². The van der Waals surface area contributed by atoms with Gasteiger partial charge in [0.15, 0.2) is 0 Å². The second kappa shape index (κ2) is 6.23. The average molecular weight is 309 g/mol. The van der Waals surface area contributed by atoms with Crippen molar-refractivity contribution in [2.24, 2.45) is 5.10 Å². The zero-order chi connectivity index (χ0) is 16.2. The lowest BCUT2D eigenvalue weighted by atomic mass is 10.1. The van der Waals surface area contributed by atoms with Gasteiger partial charge in [-0.2, -0.15) is 5.10 Å². The van der Waals surface area contributed by atoms with Gasteiger partial charge in [-0.15, -0.1) is 0 Å². The highest BCUT2D eigenvalue weighted by Gasteiger charge is 2.06. The first-order chi connectivity index (χ1) is 11.1. The number of aromatic hydroxyl groups is 1. The molecule has 1 heterocycles. The molecule has 2 aromatic carbocycles. The molecule has 0 unspecified atom stereocenters. The number of hydrogen-bond acceptors (Lipinski definition) is 4. The summed E-state index contributed by atoms with van der Waals surface area (Å²) in [7, 11) is 0. The van der Waals surface area contributed by atoms with Crippen molar-refractivity contribution in [2.75, 3.05) is 0 Å². The first kappa shape index (κ1) is 14.6. The molecule has 114 valence electrons. The molecule has 1 amide bonds. The van der Waals surface area contributed by atoms with Gasteiger partial charge in [-0.05, 0) is 42.5 Å². The van der Waals surface area contributed by atoms with Gasteiger partial charge in [-0.1, -0.05) is 6.07 Å². The van der Waals surface area contributed by atoms with Crippen molar-refractivity contribution < 1.29 is 14.3 Å². The van der Waals surface area contributed by atoms with E-state index in [4.69, 9.17) is 0 Å². The number of benzene rings is 2. The molecule has 2 N–H and O–H groups in total. The minimum absolute atomic E-state index is 0.0769. The number of fused-ring (bicyclic) bond motifs is 1. The zero-order valence-corrected chi connectivity index (χ0v) is 11.9. The minimum atomic E-state index is -0.442. The average Bonchev–Trinajstić information content (AvgIpc) is 2.58. The topological polar surface area (TPSA) is 74.6 Å². The van der Waals surface area contributed by atoms with Crippen LogP contribution in [0.25, 0.3) is 10.9 Å². The van der Waals surface area contributed by atoms with E-state index in [0.29, 0.717) is 22.0 Å². The number of hydrazone groups is 1. The molecular weight excluding hydrogens is 297 g/mol. The van der Waals surface area contributed by atoms with E-state index >= 15 is 0 Å². The first-order valence-electron chi connectivity index (χ1n) is 6.81. The summed E-state index contributed by atoms with van der Waals surface area (Å²) in [5.74, 6) is -0.774. The Hall–Kier alpha value is -3.28. The lowest BCUT2D eigenvalue weighted by Gasteiger charge is -2.03. The maximum absolute atomic E-state index is 12.8. The van der Waals surface area contributed by atoms with E-state index in [1.165, 1.54) is 36.5 Å². The molecule has 0 saturated carbocycles. The lowest BCUT2D eigenvalue weighted by Crippen LogP contribution is -2.17. The SMILES string of the molecule is O=C(N/N=C/c1ccc(O)c2ncccc12)c1ccc(F)cc1. The van der Waals surface area contributed by atoms with Crippen LogP contribution in [0.15, 0.2) is 59.8 Å². The Labute approximate surface area is 131 Å². The van der Waals surface area contributed by atoms with Gasteiger partial charge in [-0.3, -0.25) is 9.78 Å². The molecule has 1 aromatic heterocycles. The van der Waals surface area contributed by atoms with Crippen molar-refractivity contribution in [3.05, 3.63) is 71.7 Å². The van der Waals surface area contributed by atoms with Gasteiger partial charge >= 0.3 is 0 Å². The molecule has 0 aliphatic rings. The summed E-state index contributed by atoms with van der Waals surface area (Å²) in [6, 6.07) is 11.9. The smallest absolute Gasteiger partial charge is 0.271 e. The number of aromatic nitrogens is 1. The lowest BCUT2D eigenvalue weighted by molar-refractivity contribution is 0.0955. The molecule has 23 heavy (non-hydrogen) atoms. The summed E-state index contributed by atoms with van der Waals surface area (Å²) in [6.07, 6.45) is 3.05. The molecule has 0 atom stereocenters. The Kier molecular flexibility index (Phi) is 3.97. The number of halogens is 1. The summed E-state index contributed by atoms with van der Waals surface area (Å²) in [4.78, 5) is 16.0. The zero-order valence-electron chi connectivity index (χ0n) is 11.9. The Morgan fingerprint density at radius 1 is 1.17 bits per heavy atom. The summed E-state index contributed by atoms with van der Waals surface area (Å²) in [5.41, 5.74) is 3.84. The number of rotatable bonds is 3. The number of carbonyl (C=O) groups excluding carboxylic acids is 1. The van der Waals surface area contributed by atoms with Crippen molar-refractivity contribution in [1.82, 2.24) is 10.4 Å². The quantitative estimate of drug-likeness (QED) is 0.577. The number of pyridine rings is 1. The Balaban J connectivity index is 1.80. The second-order valence-electron chi connectivity index (χ2n) is 4.78. The maximum Gasteiger partial charge on any atom is 0.271 e. The van der Waals surface area contributed by atoms with Gasteiger partial charge in [0.05, 0.1) is 6.21 Å². The normalized spacial score (nSPS) is 11.0. The van der Waals surface area contributed by atoms with E-state index < -0.39 is 11.7 Å². The van der Waals surface area contributed by atoms with Crippen LogP contribution in [0.3, 0.4) is 0 Å². The Morgan fingerprint density at radius 2 is 1.96 bits per heavy atom. The largest absolute Gasteiger partial charge is 0.506 e. The molecule has 0 aliphatic carbocycles. The van der Waals surface area contributed by atoms with E-state index in [-0.39, 0.29) is 5.75 Å². The first-order valence-corrected chi connectivity index (χ1v) is 6.81. The summed E-state index contributed by atoms with van der Waals surface area (Å²) >= 11 is 0. The Morgan fingerprint density at radius 3 is 2.74 bits per heavy atom. The van der Waals surface area contributed by atoms with Crippen LogP contribution >= 0.6 is 0 Å². The van der Waals surface area contributed by atoms with Gasteiger partial charge in [-0.25, -0.2) is 9.82 Å². The monoisotopic (exact) mass is 309 g/mol. The van der Waals surface area contributed by atoms with Crippen LogP contribution in [0.4, 0.5) is 4.39 Å². The number of hydrogen-bond donors (Lipinski definition) is 2. The molecule has 3 rings (SSSR count). The fourth-order valence-electron chi connectivity index (χ4n) is 2.12. The molecule has 6 heteroatoms. The third-order valence-corrected chi connectivity index (χ3v) is 3.26. The number of nitrogens with zero attached hydrogens (tertiary/aromatic N) is 2. The molecule has 0 bridgehead atoms. The minimum Gasteiger partial charge on any atom is -0.506 e. The number of carbonyl (C=O) groups is 1. The highest BCUT2D eigenvalue weighted by atomic mass is 19.1. The van der Waals surface area contributed by atoms with Crippen LogP contribution < -0.4 is 5.43 Å². The second-order valence-corrected chi connectivity index (χ2v) is 4.78. The molecule has 0 aliphatic heterocycles. The molecule has 5 nitrogen and oxygen atoms in total. The van der Waals surface area contributed by atoms with Gasteiger partial charge < -0.3 is 5.11 Å². The Bertz CT molecular complexity index is 892. The molecule has 0 fully saturated rings. The van der Waals surface area contributed by atoms with Gasteiger partial charge in [0, 0.05) is 22.7 Å². The third-order valence-electron chi connectivity index (χ3n) is 3.26. The molecule has 0 radical (unpaired) electrons. The van der Waals surface area contributed by atoms with Gasteiger partial charge in [0.2, 0.25) is 0 Å². The van der Waals surface area contributed by atoms with Crippen LogP contribution in [0.2, 0.25) is 0 Å². The van der Waals surface area contributed by atoms with E-state index in [0.717, 1.165) is 0 Å². The number of amides is 1. The summed E-state index contributed by atoms with van der Waals surface area (Å²) in [5, 5.41) is 14.4. The van der Waals surface area contributed by atoms with Crippen molar-refractivity contribution in [2.45, 2.75) is 0 Å². The van der Waals surface area contributed by atoms with Crippen molar-refractivity contribution in [1.29, 1.82) is 0 Å². The predicted octanol–water partition coefficient (Wildman–Crippen LogP) is 2.84. The molecule has 3 aromatic rings. The van der Waals surface area contributed by atoms with Crippen molar-refractivity contribution in [3.8, 4) is 5.75 Å². The van der Waals surface area contributed by atoms with E-state index in [1.807, 2.05) is 0 Å². The van der Waals surface area contributed by atoms with E-state index in [1.54, 1.807) is 24.4 Å². The molecular formula is C17H12FN3O2. The molecule has 0 saturated heterocycles. The maximum atomic E-state index is 12.8. The predicted molar refractivity (Wildman–Crippen MR) is 84.9 cm³/mol. The van der Waals surface area contributed by atoms with E-state index in [9.17, 15) is 14.3 Å². The number of phenolic OH excluding ortho intramolecular Hbond substituents is 1. The fraction of sp³-hybridized carbons (Fsp3) is 0. The highest BCUT2D eigenvalue weighted by Crippen LogP contribution is 2.24. The highest BCUT2D eigenvalue weighted by molar-refractivity contribution is 6.01. The molecule has 0 spiro atoms. The van der Waals surface area contributed by atoms with Gasteiger partial charge in [0.25, 0.3) is 5.91 Å². The van der Waals surface area contributed by atoms with Crippen molar-refractivity contribution >= 4 is 23.0 Å². The standard InChI is InChI=1S/C17H12FN3O2/c18-13-6-3-11(4-7-13)17(23)21-20-10-12-5-8-15(22)16-14(12)2-1-9-19-16/h1-10,22H,(H,21,23)/b20-10+. The van der Waals surface area contributed by atoms with Crippen LogP contribution in [0, 0.1) is 5.82 Å². The van der Waals surface area contributed by atoms with Gasteiger partial charge in [0.1, 0.15) is 17.1 Å². The van der Waals surface area contributed by atoms with Crippen molar-refractivity contribution in [3.63, 3.8) is 0 Å². The number of nitrogens with one attached hydrogen (secondary N) is 1. The van der Waals surface area contributed by atoms with Crippen LogP contribution in [0.5, 0.6) is 5.75 Å². The summed E-state index contributed by atoms with van der Waals surface area (Å²) < 4.78 is 12.8. The van der Waals surface area contributed by atoms with Crippen LogP contribution in [0.1, 0.15) is 15.9 Å². The van der Waals surface area contributed by atoms with Crippen LogP contribution in [-0.4, -0.2) is 22.2 Å². The third kappa shape index (κ3) is 3.16.